The Morgan fingerprint density at radius 3 is 2.15 bits per heavy atom. The van der Waals surface area contributed by atoms with Crippen LogP contribution < -0.4 is 4.90 Å². The molecule has 0 unspecified atom stereocenters. The van der Waals surface area contributed by atoms with Crippen LogP contribution in [0.2, 0.25) is 0 Å². The van der Waals surface area contributed by atoms with E-state index in [4.69, 9.17) is 0 Å². The first-order valence-corrected chi connectivity index (χ1v) is 9.41. The monoisotopic (exact) mass is 411 g/mol. The molecular weight excluding hydrogens is 390 g/mol. The summed E-state index contributed by atoms with van der Waals surface area (Å²) in [6.07, 6.45) is 0.420. The summed E-state index contributed by atoms with van der Waals surface area (Å²) in [6.45, 7) is 7.38. The van der Waals surface area contributed by atoms with Gasteiger partial charge in [0, 0.05) is 21.4 Å². The molecule has 0 bridgehead atoms. The number of carbonyl (C=O) groups excluding carboxylic acids is 2. The average molecular weight is 412 g/mol. The van der Waals surface area contributed by atoms with Crippen molar-refractivity contribution in [3.63, 3.8) is 0 Å². The van der Waals surface area contributed by atoms with Gasteiger partial charge in [0.15, 0.2) is 5.78 Å². The summed E-state index contributed by atoms with van der Waals surface area (Å²) in [5.41, 5.74) is 3.49. The van der Waals surface area contributed by atoms with Crippen LogP contribution >= 0.6 is 15.9 Å². The van der Waals surface area contributed by atoms with Crippen LogP contribution in [0.3, 0.4) is 0 Å². The van der Waals surface area contributed by atoms with Crippen LogP contribution in [0.4, 0.5) is 5.69 Å². The van der Waals surface area contributed by atoms with E-state index in [-0.39, 0.29) is 11.7 Å². The molecule has 1 amide bonds. The van der Waals surface area contributed by atoms with Crippen LogP contribution in [0.1, 0.15) is 38.3 Å². The predicted octanol–water partition coefficient (Wildman–Crippen LogP) is 5.32. The van der Waals surface area contributed by atoms with Gasteiger partial charge in [-0.05, 0) is 63.9 Å². The summed E-state index contributed by atoms with van der Waals surface area (Å²) in [4.78, 5) is 27.6. The zero-order valence-electron chi connectivity index (χ0n) is 15.5. The SMILES string of the molecule is CC(=O)C1=C(C)N(c2ccc(Br)cc2)C(=O)[C@](C)(c2ccc(C)cc2)C1. The number of nitrogens with zero attached hydrogens (tertiary/aromatic N) is 1. The molecular formula is C22H22BrNO2. The van der Waals surface area contributed by atoms with Crippen molar-refractivity contribution in [3.05, 3.63) is 75.4 Å². The Balaban J connectivity index is 2.18. The number of hydrogen-bond donors (Lipinski definition) is 0. The van der Waals surface area contributed by atoms with E-state index in [1.54, 1.807) is 11.8 Å². The number of amides is 1. The van der Waals surface area contributed by atoms with Gasteiger partial charge >= 0.3 is 0 Å². The molecule has 3 nitrogen and oxygen atoms in total. The van der Waals surface area contributed by atoms with Gasteiger partial charge in [0.1, 0.15) is 0 Å². The van der Waals surface area contributed by atoms with Crippen LogP contribution in [-0.4, -0.2) is 11.7 Å². The highest BCUT2D eigenvalue weighted by Crippen LogP contribution is 2.41. The summed E-state index contributed by atoms with van der Waals surface area (Å²) >= 11 is 3.43. The van der Waals surface area contributed by atoms with Crippen LogP contribution in [0.25, 0.3) is 0 Å². The maximum absolute atomic E-state index is 13.6. The maximum Gasteiger partial charge on any atom is 0.241 e. The number of halogens is 1. The van der Waals surface area contributed by atoms with Crippen molar-refractivity contribution in [3.8, 4) is 0 Å². The molecule has 1 atom stereocenters. The first kappa shape index (κ1) is 18.6. The number of aryl methyl sites for hydroxylation is 1. The van der Waals surface area contributed by atoms with Gasteiger partial charge in [-0.25, -0.2) is 0 Å². The number of allylic oxidation sites excluding steroid dienone is 2. The number of anilines is 1. The topological polar surface area (TPSA) is 37.4 Å². The van der Waals surface area contributed by atoms with Crippen molar-refractivity contribution in [2.75, 3.05) is 4.90 Å². The molecule has 2 aromatic carbocycles. The van der Waals surface area contributed by atoms with Gasteiger partial charge in [-0.2, -0.15) is 0 Å². The molecule has 0 fully saturated rings. The molecule has 0 radical (unpaired) electrons. The Kier molecular flexibility index (Phi) is 4.89. The molecule has 3 rings (SSSR count). The lowest BCUT2D eigenvalue weighted by molar-refractivity contribution is -0.124. The average Bonchev–Trinajstić information content (AvgIpc) is 2.60. The fourth-order valence-corrected chi connectivity index (χ4v) is 3.78. The van der Waals surface area contributed by atoms with E-state index >= 15 is 0 Å². The Hall–Kier alpha value is -2.20. The second kappa shape index (κ2) is 6.84. The Bertz CT molecular complexity index is 897. The summed E-state index contributed by atoms with van der Waals surface area (Å²) in [5, 5.41) is 0. The van der Waals surface area contributed by atoms with Crippen molar-refractivity contribution >= 4 is 33.3 Å². The highest BCUT2D eigenvalue weighted by Gasteiger charge is 2.45. The third-order valence-corrected chi connectivity index (χ3v) is 5.70. The van der Waals surface area contributed by atoms with Crippen molar-refractivity contribution in [1.82, 2.24) is 0 Å². The molecule has 0 aliphatic carbocycles. The Morgan fingerprint density at radius 1 is 1.04 bits per heavy atom. The molecule has 26 heavy (non-hydrogen) atoms. The number of benzene rings is 2. The molecule has 1 aliphatic heterocycles. The van der Waals surface area contributed by atoms with E-state index in [1.807, 2.05) is 69.3 Å². The van der Waals surface area contributed by atoms with Crippen LogP contribution in [0.15, 0.2) is 64.3 Å². The minimum atomic E-state index is -0.777. The van der Waals surface area contributed by atoms with Crippen molar-refractivity contribution in [2.24, 2.45) is 0 Å². The third kappa shape index (κ3) is 3.14. The lowest BCUT2D eigenvalue weighted by atomic mass is 9.72. The molecule has 2 aromatic rings. The molecule has 0 aromatic heterocycles. The molecule has 0 spiro atoms. The molecule has 1 heterocycles. The standard InChI is InChI=1S/C22H22BrNO2/c1-14-5-7-17(8-6-14)22(4)13-20(16(3)25)15(2)24(21(22)26)19-11-9-18(23)10-12-19/h5-12H,13H2,1-4H3/t22-/m0/s1. The summed E-state index contributed by atoms with van der Waals surface area (Å²) in [7, 11) is 0. The zero-order chi connectivity index (χ0) is 19.1. The Morgan fingerprint density at radius 2 is 1.62 bits per heavy atom. The normalized spacial score (nSPS) is 20.5. The zero-order valence-corrected chi connectivity index (χ0v) is 17.1. The van der Waals surface area contributed by atoms with E-state index < -0.39 is 5.41 Å². The largest absolute Gasteiger partial charge is 0.295 e. The number of rotatable bonds is 3. The first-order chi connectivity index (χ1) is 12.2. The molecule has 4 heteroatoms. The lowest BCUT2D eigenvalue weighted by Crippen LogP contribution is -2.49. The number of ketones is 1. The molecule has 134 valence electrons. The lowest BCUT2D eigenvalue weighted by Gasteiger charge is -2.41. The maximum atomic E-state index is 13.6. The van der Waals surface area contributed by atoms with E-state index in [1.165, 1.54) is 0 Å². The summed E-state index contributed by atoms with van der Waals surface area (Å²) in [6, 6.07) is 15.6. The predicted molar refractivity (Wildman–Crippen MR) is 108 cm³/mol. The fraction of sp³-hybridized carbons (Fsp3) is 0.273. The Labute approximate surface area is 162 Å². The molecule has 0 saturated heterocycles. The molecule has 0 saturated carbocycles. The van der Waals surface area contributed by atoms with E-state index in [0.29, 0.717) is 12.0 Å². The minimum absolute atomic E-state index is 0.00817. The van der Waals surface area contributed by atoms with Crippen LogP contribution in [-0.2, 0) is 15.0 Å². The van der Waals surface area contributed by atoms with Crippen molar-refractivity contribution < 1.29 is 9.59 Å². The van der Waals surface area contributed by atoms with Gasteiger partial charge in [-0.15, -0.1) is 0 Å². The highest BCUT2D eigenvalue weighted by molar-refractivity contribution is 9.10. The summed E-state index contributed by atoms with van der Waals surface area (Å²) < 4.78 is 0.945. The van der Waals surface area contributed by atoms with Crippen molar-refractivity contribution in [2.45, 2.75) is 39.5 Å². The van der Waals surface area contributed by atoms with Gasteiger partial charge in [-0.3, -0.25) is 14.5 Å². The van der Waals surface area contributed by atoms with Crippen molar-refractivity contribution in [1.29, 1.82) is 0 Å². The second-order valence-corrected chi connectivity index (χ2v) is 8.03. The number of carbonyl (C=O) groups is 2. The molecule has 1 aliphatic rings. The van der Waals surface area contributed by atoms with Crippen LogP contribution in [0, 0.1) is 6.92 Å². The van der Waals surface area contributed by atoms with Gasteiger partial charge in [-0.1, -0.05) is 45.8 Å². The van der Waals surface area contributed by atoms with Crippen LogP contribution in [0.5, 0.6) is 0 Å². The van der Waals surface area contributed by atoms with E-state index in [0.717, 1.165) is 27.0 Å². The van der Waals surface area contributed by atoms with E-state index in [2.05, 4.69) is 15.9 Å². The van der Waals surface area contributed by atoms with Gasteiger partial charge in [0.05, 0.1) is 5.41 Å². The third-order valence-electron chi connectivity index (χ3n) is 5.18. The molecule has 0 N–H and O–H groups in total. The van der Waals surface area contributed by atoms with Gasteiger partial charge in [0.2, 0.25) is 5.91 Å². The smallest absolute Gasteiger partial charge is 0.241 e. The minimum Gasteiger partial charge on any atom is -0.295 e. The fourth-order valence-electron chi connectivity index (χ4n) is 3.52. The highest BCUT2D eigenvalue weighted by atomic mass is 79.9. The number of hydrogen-bond acceptors (Lipinski definition) is 2. The van der Waals surface area contributed by atoms with Gasteiger partial charge < -0.3 is 0 Å². The van der Waals surface area contributed by atoms with E-state index in [9.17, 15) is 9.59 Å². The summed E-state index contributed by atoms with van der Waals surface area (Å²) in [5.74, 6) is 0.00150. The quantitative estimate of drug-likeness (QED) is 0.685. The van der Waals surface area contributed by atoms with Gasteiger partial charge in [0.25, 0.3) is 0 Å². The second-order valence-electron chi connectivity index (χ2n) is 7.11. The first-order valence-electron chi connectivity index (χ1n) is 8.62. The number of Topliss-reactive ketones (excluding diaryl/α,β-unsaturated/α-hetero) is 1.